The Morgan fingerprint density at radius 2 is 2.07 bits per heavy atom. The maximum Gasteiger partial charge on any atom is 0.340 e. The van der Waals surface area contributed by atoms with Crippen LogP contribution in [0.4, 0.5) is 5.69 Å². The fourth-order valence-corrected chi connectivity index (χ4v) is 2.52. The molecule has 0 heterocycles. The zero-order chi connectivity index (χ0) is 10.7. The molecule has 1 N–H and O–H groups in total. The molecular weight excluding hydrogens is 314 g/mol. The molecule has 0 aliphatic carbocycles. The van der Waals surface area contributed by atoms with E-state index in [9.17, 15) is 4.79 Å². The molecule has 0 saturated heterocycles. The summed E-state index contributed by atoms with van der Waals surface area (Å²) in [6, 6.07) is 3.57. The SMILES string of the molecule is CNc1c(Br)cc(Br)cc1C(=O)OC. The molecule has 3 nitrogen and oxygen atoms in total. The first kappa shape index (κ1) is 11.5. The van der Waals surface area contributed by atoms with Gasteiger partial charge >= 0.3 is 5.97 Å². The van der Waals surface area contributed by atoms with Crippen LogP contribution in [0.15, 0.2) is 21.1 Å². The van der Waals surface area contributed by atoms with Crippen LogP contribution in [0.25, 0.3) is 0 Å². The lowest BCUT2D eigenvalue weighted by molar-refractivity contribution is 0.0601. The standard InChI is InChI=1S/C9H9Br2NO2/c1-12-8-6(9(13)14-2)3-5(10)4-7(8)11/h3-4,12H,1-2H3. The highest BCUT2D eigenvalue weighted by atomic mass is 79.9. The molecule has 0 aliphatic rings. The van der Waals surface area contributed by atoms with E-state index in [1.807, 2.05) is 6.07 Å². The summed E-state index contributed by atoms with van der Waals surface area (Å²) in [5.74, 6) is -0.364. The number of anilines is 1. The van der Waals surface area contributed by atoms with E-state index < -0.39 is 0 Å². The minimum Gasteiger partial charge on any atom is -0.465 e. The highest BCUT2D eigenvalue weighted by Crippen LogP contribution is 2.30. The number of halogens is 2. The third kappa shape index (κ3) is 2.27. The van der Waals surface area contributed by atoms with E-state index in [-0.39, 0.29) is 5.97 Å². The summed E-state index contributed by atoms with van der Waals surface area (Å²) in [6.07, 6.45) is 0. The number of hydrogen-bond donors (Lipinski definition) is 1. The van der Waals surface area contributed by atoms with Gasteiger partial charge in [-0.3, -0.25) is 0 Å². The van der Waals surface area contributed by atoms with Crippen LogP contribution in [0.5, 0.6) is 0 Å². The van der Waals surface area contributed by atoms with E-state index in [0.29, 0.717) is 5.56 Å². The fourth-order valence-electron chi connectivity index (χ4n) is 1.10. The molecular formula is C9H9Br2NO2. The Labute approximate surface area is 99.1 Å². The van der Waals surface area contributed by atoms with Gasteiger partial charge in [-0.15, -0.1) is 0 Å². The second-order valence-electron chi connectivity index (χ2n) is 2.55. The predicted molar refractivity (Wildman–Crippen MR) is 62.7 cm³/mol. The van der Waals surface area contributed by atoms with Gasteiger partial charge in [0.2, 0.25) is 0 Å². The van der Waals surface area contributed by atoms with Crippen LogP contribution >= 0.6 is 31.9 Å². The molecule has 0 saturated carbocycles. The normalized spacial score (nSPS) is 9.71. The van der Waals surface area contributed by atoms with Crippen molar-refractivity contribution < 1.29 is 9.53 Å². The Kier molecular flexibility index (Phi) is 3.95. The first-order valence-corrected chi connectivity index (χ1v) is 5.44. The highest BCUT2D eigenvalue weighted by molar-refractivity contribution is 9.11. The molecule has 76 valence electrons. The molecule has 1 aromatic carbocycles. The molecule has 5 heteroatoms. The van der Waals surface area contributed by atoms with Gasteiger partial charge in [-0.25, -0.2) is 4.79 Å². The van der Waals surface area contributed by atoms with Crippen LogP contribution in [0, 0.1) is 0 Å². The van der Waals surface area contributed by atoms with Gasteiger partial charge in [-0.1, -0.05) is 15.9 Å². The first-order chi connectivity index (χ1) is 6.60. The summed E-state index contributed by atoms with van der Waals surface area (Å²) in [5.41, 5.74) is 1.22. The van der Waals surface area contributed by atoms with Crippen LogP contribution in [0.1, 0.15) is 10.4 Å². The largest absolute Gasteiger partial charge is 0.465 e. The van der Waals surface area contributed by atoms with Gasteiger partial charge in [-0.2, -0.15) is 0 Å². The Hall–Kier alpha value is -0.550. The molecule has 0 radical (unpaired) electrons. The number of rotatable bonds is 2. The number of methoxy groups -OCH3 is 1. The summed E-state index contributed by atoms with van der Waals surface area (Å²) in [6.45, 7) is 0. The summed E-state index contributed by atoms with van der Waals surface area (Å²) < 4.78 is 6.31. The van der Waals surface area contributed by atoms with Crippen molar-refractivity contribution in [2.45, 2.75) is 0 Å². The van der Waals surface area contributed by atoms with E-state index in [4.69, 9.17) is 0 Å². The number of carbonyl (C=O) groups excluding carboxylic acids is 1. The van der Waals surface area contributed by atoms with Gasteiger partial charge in [-0.05, 0) is 28.1 Å². The van der Waals surface area contributed by atoms with Crippen molar-refractivity contribution in [3.8, 4) is 0 Å². The molecule has 0 amide bonds. The maximum atomic E-state index is 11.4. The van der Waals surface area contributed by atoms with Crippen LogP contribution in [0.2, 0.25) is 0 Å². The molecule has 0 spiro atoms. The minimum absolute atomic E-state index is 0.364. The van der Waals surface area contributed by atoms with Crippen molar-refractivity contribution in [2.24, 2.45) is 0 Å². The number of benzene rings is 1. The van der Waals surface area contributed by atoms with E-state index >= 15 is 0 Å². The van der Waals surface area contributed by atoms with E-state index in [1.54, 1.807) is 13.1 Å². The third-order valence-corrected chi connectivity index (χ3v) is 2.79. The summed E-state index contributed by atoms with van der Waals surface area (Å²) in [5, 5.41) is 2.94. The van der Waals surface area contributed by atoms with Crippen molar-refractivity contribution in [2.75, 3.05) is 19.5 Å². The summed E-state index contributed by atoms with van der Waals surface area (Å²) in [4.78, 5) is 11.4. The molecule has 0 unspecified atom stereocenters. The molecule has 0 aromatic heterocycles. The van der Waals surface area contributed by atoms with Crippen LogP contribution < -0.4 is 5.32 Å². The van der Waals surface area contributed by atoms with Crippen LogP contribution in [0.3, 0.4) is 0 Å². The molecule has 14 heavy (non-hydrogen) atoms. The van der Waals surface area contributed by atoms with Crippen molar-refractivity contribution in [3.63, 3.8) is 0 Å². The molecule has 1 rings (SSSR count). The lowest BCUT2D eigenvalue weighted by atomic mass is 10.2. The van der Waals surface area contributed by atoms with Gasteiger partial charge < -0.3 is 10.1 Å². The monoisotopic (exact) mass is 321 g/mol. The highest BCUT2D eigenvalue weighted by Gasteiger charge is 2.14. The Balaban J connectivity index is 3.32. The van der Waals surface area contributed by atoms with E-state index in [2.05, 4.69) is 41.9 Å². The molecule has 1 aromatic rings. The second kappa shape index (κ2) is 4.79. The molecule has 0 fully saturated rings. The lowest BCUT2D eigenvalue weighted by Crippen LogP contribution is -2.06. The Morgan fingerprint density at radius 1 is 1.43 bits per heavy atom. The smallest absolute Gasteiger partial charge is 0.340 e. The van der Waals surface area contributed by atoms with Crippen LogP contribution in [-0.4, -0.2) is 20.1 Å². The van der Waals surface area contributed by atoms with Gasteiger partial charge in [0.25, 0.3) is 0 Å². The number of hydrogen-bond acceptors (Lipinski definition) is 3. The average molecular weight is 323 g/mol. The van der Waals surface area contributed by atoms with E-state index in [0.717, 1.165) is 14.6 Å². The van der Waals surface area contributed by atoms with Crippen LogP contribution in [-0.2, 0) is 4.74 Å². The van der Waals surface area contributed by atoms with Crippen molar-refractivity contribution >= 4 is 43.5 Å². The number of carbonyl (C=O) groups is 1. The van der Waals surface area contributed by atoms with Gasteiger partial charge in [0.05, 0.1) is 18.4 Å². The predicted octanol–water partition coefficient (Wildman–Crippen LogP) is 3.04. The number of esters is 1. The lowest BCUT2D eigenvalue weighted by Gasteiger charge is -2.10. The van der Waals surface area contributed by atoms with Gasteiger partial charge in [0.15, 0.2) is 0 Å². The van der Waals surface area contributed by atoms with Gasteiger partial charge in [0.1, 0.15) is 0 Å². The average Bonchev–Trinajstić information content (AvgIpc) is 2.15. The molecule has 0 atom stereocenters. The zero-order valence-electron chi connectivity index (χ0n) is 7.73. The summed E-state index contributed by atoms with van der Waals surface area (Å²) >= 11 is 6.66. The second-order valence-corrected chi connectivity index (χ2v) is 4.32. The summed E-state index contributed by atoms with van der Waals surface area (Å²) in [7, 11) is 3.11. The Bertz CT molecular complexity index is 366. The first-order valence-electron chi connectivity index (χ1n) is 3.85. The van der Waals surface area contributed by atoms with Gasteiger partial charge in [0, 0.05) is 16.0 Å². The minimum atomic E-state index is -0.364. The maximum absolute atomic E-state index is 11.4. The molecule has 0 bridgehead atoms. The van der Waals surface area contributed by atoms with Crippen molar-refractivity contribution in [1.29, 1.82) is 0 Å². The topological polar surface area (TPSA) is 38.3 Å². The third-order valence-electron chi connectivity index (χ3n) is 1.71. The van der Waals surface area contributed by atoms with E-state index in [1.165, 1.54) is 7.11 Å². The zero-order valence-corrected chi connectivity index (χ0v) is 10.9. The number of nitrogens with one attached hydrogen (secondary N) is 1. The quantitative estimate of drug-likeness (QED) is 0.850. The number of ether oxygens (including phenoxy) is 1. The van der Waals surface area contributed by atoms with Crippen molar-refractivity contribution in [3.05, 3.63) is 26.6 Å². The Morgan fingerprint density at radius 3 is 2.57 bits per heavy atom. The van der Waals surface area contributed by atoms with Crippen molar-refractivity contribution in [1.82, 2.24) is 0 Å². The molecule has 0 aliphatic heterocycles. The fraction of sp³-hybridized carbons (Fsp3) is 0.222.